The first-order valence-corrected chi connectivity index (χ1v) is 6.72. The molecule has 0 unspecified atom stereocenters. The lowest BCUT2D eigenvalue weighted by molar-refractivity contribution is -0.137. The minimum absolute atomic E-state index is 0.160. The van der Waals surface area contributed by atoms with Crippen LogP contribution in [0.2, 0.25) is 0 Å². The van der Waals surface area contributed by atoms with Crippen molar-refractivity contribution < 1.29 is 9.59 Å². The number of amides is 2. The molecule has 20 heavy (non-hydrogen) atoms. The fourth-order valence-corrected chi connectivity index (χ4v) is 2.30. The number of nitrogens with zero attached hydrogens (tertiary/aromatic N) is 2. The molecule has 6 nitrogen and oxygen atoms in total. The summed E-state index contributed by atoms with van der Waals surface area (Å²) in [5.74, 6) is 4.38. The van der Waals surface area contributed by atoms with Gasteiger partial charge in [0.05, 0.1) is 0 Å². The predicted molar refractivity (Wildman–Crippen MR) is 75.2 cm³/mol. The highest BCUT2D eigenvalue weighted by Crippen LogP contribution is 2.09. The topological polar surface area (TPSA) is 78.7 Å². The van der Waals surface area contributed by atoms with Crippen molar-refractivity contribution in [3.05, 3.63) is 35.9 Å². The molecule has 2 amide bonds. The van der Waals surface area contributed by atoms with Crippen LogP contribution >= 0.6 is 0 Å². The normalized spacial score (nSPS) is 15.9. The Morgan fingerprint density at radius 2 is 1.75 bits per heavy atom. The summed E-state index contributed by atoms with van der Waals surface area (Å²) >= 11 is 0. The Balaban J connectivity index is 1.77. The number of carbonyl (C=O) groups is 2. The number of hydrazine groups is 1. The average Bonchev–Trinajstić information content (AvgIpc) is 2.49. The standard InChI is InChI=1S/C14H20N4O2/c15-16-13(19)10-14(20)18-8-6-17(7-9-18)11-12-4-2-1-3-5-12/h1-5H,6-11,15H2,(H,16,19). The van der Waals surface area contributed by atoms with E-state index < -0.39 is 5.91 Å². The zero-order valence-electron chi connectivity index (χ0n) is 11.4. The second-order valence-electron chi connectivity index (χ2n) is 4.89. The van der Waals surface area contributed by atoms with Gasteiger partial charge in [-0.2, -0.15) is 0 Å². The average molecular weight is 276 g/mol. The van der Waals surface area contributed by atoms with Crippen molar-refractivity contribution >= 4 is 11.8 Å². The predicted octanol–water partition coefficient (Wildman–Crippen LogP) is -0.289. The van der Waals surface area contributed by atoms with Crippen LogP contribution in [-0.2, 0) is 16.1 Å². The SMILES string of the molecule is NNC(=O)CC(=O)N1CCN(Cc2ccccc2)CC1. The van der Waals surface area contributed by atoms with Gasteiger partial charge in [0.15, 0.2) is 0 Å². The van der Waals surface area contributed by atoms with E-state index in [-0.39, 0.29) is 12.3 Å². The van der Waals surface area contributed by atoms with Gasteiger partial charge in [0, 0.05) is 32.7 Å². The molecule has 108 valence electrons. The summed E-state index contributed by atoms with van der Waals surface area (Å²) < 4.78 is 0. The van der Waals surface area contributed by atoms with Gasteiger partial charge >= 0.3 is 0 Å². The van der Waals surface area contributed by atoms with Crippen LogP contribution in [0.3, 0.4) is 0 Å². The zero-order chi connectivity index (χ0) is 14.4. The Bertz CT molecular complexity index is 456. The summed E-state index contributed by atoms with van der Waals surface area (Å²) in [4.78, 5) is 26.9. The summed E-state index contributed by atoms with van der Waals surface area (Å²) in [7, 11) is 0. The second-order valence-corrected chi connectivity index (χ2v) is 4.89. The van der Waals surface area contributed by atoms with E-state index in [4.69, 9.17) is 5.84 Å². The highest BCUT2D eigenvalue weighted by atomic mass is 16.2. The molecular weight excluding hydrogens is 256 g/mol. The molecule has 0 aromatic heterocycles. The van der Waals surface area contributed by atoms with Crippen LogP contribution in [0.4, 0.5) is 0 Å². The lowest BCUT2D eigenvalue weighted by atomic mass is 10.2. The number of hydrogen-bond donors (Lipinski definition) is 2. The summed E-state index contributed by atoms with van der Waals surface area (Å²) in [6.07, 6.45) is -0.171. The van der Waals surface area contributed by atoms with E-state index in [2.05, 4.69) is 17.0 Å². The van der Waals surface area contributed by atoms with Crippen LogP contribution < -0.4 is 11.3 Å². The maximum Gasteiger partial charge on any atom is 0.243 e. The molecule has 1 aromatic carbocycles. The first kappa shape index (κ1) is 14.5. The van der Waals surface area contributed by atoms with Gasteiger partial charge in [0.2, 0.25) is 11.8 Å². The highest BCUT2D eigenvalue weighted by molar-refractivity contribution is 5.96. The minimum Gasteiger partial charge on any atom is -0.340 e. The number of benzene rings is 1. The molecule has 1 saturated heterocycles. The Kier molecular flexibility index (Phi) is 5.09. The van der Waals surface area contributed by atoms with Crippen molar-refractivity contribution in [2.45, 2.75) is 13.0 Å². The van der Waals surface area contributed by atoms with Crippen LogP contribution in [0.1, 0.15) is 12.0 Å². The Morgan fingerprint density at radius 3 is 2.35 bits per heavy atom. The Labute approximate surface area is 118 Å². The molecule has 1 aliphatic heterocycles. The number of nitrogens with one attached hydrogen (secondary N) is 1. The van der Waals surface area contributed by atoms with E-state index in [1.807, 2.05) is 23.6 Å². The highest BCUT2D eigenvalue weighted by Gasteiger charge is 2.22. The lowest BCUT2D eigenvalue weighted by Crippen LogP contribution is -2.49. The van der Waals surface area contributed by atoms with Crippen molar-refractivity contribution in [2.24, 2.45) is 5.84 Å². The molecule has 3 N–H and O–H groups in total. The summed E-state index contributed by atoms with van der Waals surface area (Å²) in [6.45, 7) is 3.86. The molecule has 1 heterocycles. The number of hydrogen-bond acceptors (Lipinski definition) is 4. The molecule has 0 radical (unpaired) electrons. The number of rotatable bonds is 4. The fourth-order valence-electron chi connectivity index (χ4n) is 2.30. The summed E-state index contributed by atoms with van der Waals surface area (Å²) in [5.41, 5.74) is 3.25. The molecule has 0 bridgehead atoms. The summed E-state index contributed by atoms with van der Waals surface area (Å²) in [5, 5.41) is 0. The monoisotopic (exact) mass is 276 g/mol. The van der Waals surface area contributed by atoms with Crippen molar-refractivity contribution in [1.82, 2.24) is 15.2 Å². The van der Waals surface area contributed by atoms with Gasteiger partial charge < -0.3 is 4.90 Å². The molecule has 1 aromatic rings. The van der Waals surface area contributed by atoms with Gasteiger partial charge in [-0.05, 0) is 5.56 Å². The van der Waals surface area contributed by atoms with E-state index in [0.717, 1.165) is 19.6 Å². The van der Waals surface area contributed by atoms with Gasteiger partial charge in [0.1, 0.15) is 6.42 Å². The van der Waals surface area contributed by atoms with Crippen LogP contribution in [0, 0.1) is 0 Å². The zero-order valence-corrected chi connectivity index (χ0v) is 11.4. The number of piperazine rings is 1. The Hall–Kier alpha value is -1.92. The number of nitrogens with two attached hydrogens (primary N) is 1. The molecule has 0 saturated carbocycles. The van der Waals surface area contributed by atoms with Crippen molar-refractivity contribution in [2.75, 3.05) is 26.2 Å². The van der Waals surface area contributed by atoms with Crippen molar-refractivity contribution in [1.29, 1.82) is 0 Å². The van der Waals surface area contributed by atoms with Gasteiger partial charge in [-0.15, -0.1) is 0 Å². The number of carbonyl (C=O) groups excluding carboxylic acids is 2. The van der Waals surface area contributed by atoms with Crippen LogP contribution in [0.15, 0.2) is 30.3 Å². The largest absolute Gasteiger partial charge is 0.340 e. The van der Waals surface area contributed by atoms with E-state index in [9.17, 15) is 9.59 Å². The Morgan fingerprint density at radius 1 is 1.10 bits per heavy atom. The molecule has 0 spiro atoms. The maximum atomic E-state index is 11.8. The van der Waals surface area contributed by atoms with Crippen LogP contribution in [0.25, 0.3) is 0 Å². The van der Waals surface area contributed by atoms with E-state index in [1.165, 1.54) is 5.56 Å². The molecule has 1 fully saturated rings. The maximum absolute atomic E-state index is 11.8. The van der Waals surface area contributed by atoms with E-state index in [1.54, 1.807) is 4.90 Å². The summed E-state index contributed by atoms with van der Waals surface area (Å²) in [6, 6.07) is 10.3. The van der Waals surface area contributed by atoms with Gasteiger partial charge in [-0.1, -0.05) is 30.3 Å². The minimum atomic E-state index is -0.443. The second kappa shape index (κ2) is 7.02. The third-order valence-electron chi connectivity index (χ3n) is 3.45. The first-order chi connectivity index (χ1) is 9.69. The van der Waals surface area contributed by atoms with Crippen LogP contribution in [0.5, 0.6) is 0 Å². The molecular formula is C14H20N4O2. The van der Waals surface area contributed by atoms with Crippen LogP contribution in [-0.4, -0.2) is 47.8 Å². The van der Waals surface area contributed by atoms with Gasteiger partial charge in [-0.25, -0.2) is 5.84 Å². The van der Waals surface area contributed by atoms with Gasteiger partial charge in [0.25, 0.3) is 0 Å². The smallest absolute Gasteiger partial charge is 0.243 e. The van der Waals surface area contributed by atoms with E-state index in [0.29, 0.717) is 13.1 Å². The van der Waals surface area contributed by atoms with Gasteiger partial charge in [-0.3, -0.25) is 19.9 Å². The lowest BCUT2D eigenvalue weighted by Gasteiger charge is -2.34. The molecule has 0 aliphatic carbocycles. The molecule has 2 rings (SSSR count). The van der Waals surface area contributed by atoms with Crippen molar-refractivity contribution in [3.8, 4) is 0 Å². The molecule has 0 atom stereocenters. The quantitative estimate of drug-likeness (QED) is 0.343. The third kappa shape index (κ3) is 4.04. The first-order valence-electron chi connectivity index (χ1n) is 6.72. The molecule has 1 aliphatic rings. The van der Waals surface area contributed by atoms with Crippen molar-refractivity contribution in [3.63, 3.8) is 0 Å². The fraction of sp³-hybridized carbons (Fsp3) is 0.429. The third-order valence-corrected chi connectivity index (χ3v) is 3.45. The molecule has 6 heteroatoms. The van der Waals surface area contributed by atoms with E-state index >= 15 is 0 Å².